The first kappa shape index (κ1) is 11.0. The molecule has 2 atom stereocenters. The third-order valence-electron chi connectivity index (χ3n) is 4.66. The summed E-state index contributed by atoms with van der Waals surface area (Å²) in [7, 11) is -3.09. The van der Waals surface area contributed by atoms with Crippen LogP contribution in [0, 0.1) is 5.92 Å². The number of rotatable bonds is 2. The van der Waals surface area contributed by atoms with Crippen molar-refractivity contribution >= 4 is 10.0 Å². The average molecular weight is 245 g/mol. The first-order valence-corrected chi connectivity index (χ1v) is 7.65. The Morgan fingerprint density at radius 2 is 2.06 bits per heavy atom. The normalized spacial score (nSPS) is 40.9. The lowest BCUT2D eigenvalue weighted by atomic mass is 9.68. The average Bonchev–Trinajstić information content (AvgIpc) is 2.08. The summed E-state index contributed by atoms with van der Waals surface area (Å²) in [4.78, 5) is 0. The van der Waals surface area contributed by atoms with Gasteiger partial charge in [-0.1, -0.05) is 12.8 Å². The van der Waals surface area contributed by atoms with E-state index in [-0.39, 0.29) is 10.8 Å². The second kappa shape index (κ2) is 3.43. The van der Waals surface area contributed by atoms with Crippen molar-refractivity contribution < 1.29 is 13.2 Å². The van der Waals surface area contributed by atoms with Crippen LogP contribution in [-0.4, -0.2) is 43.3 Å². The molecule has 3 fully saturated rings. The molecule has 0 aromatic carbocycles. The lowest BCUT2D eigenvalue weighted by Crippen LogP contribution is -2.70. The van der Waals surface area contributed by atoms with E-state index < -0.39 is 10.0 Å². The van der Waals surface area contributed by atoms with Gasteiger partial charge in [-0.2, -0.15) is 4.31 Å². The monoisotopic (exact) mass is 245 g/mol. The number of nitrogens with zero attached hydrogens (tertiary/aromatic N) is 1. The van der Waals surface area contributed by atoms with Crippen LogP contribution in [0.4, 0.5) is 0 Å². The molecule has 1 aliphatic carbocycles. The van der Waals surface area contributed by atoms with E-state index in [1.165, 1.54) is 19.3 Å². The third kappa shape index (κ3) is 1.31. The van der Waals surface area contributed by atoms with Crippen LogP contribution in [0.2, 0.25) is 0 Å². The fourth-order valence-corrected chi connectivity index (χ4v) is 5.37. The minimum absolute atomic E-state index is 0.0767. The zero-order valence-corrected chi connectivity index (χ0v) is 10.5. The van der Waals surface area contributed by atoms with Crippen molar-refractivity contribution in [2.24, 2.45) is 5.92 Å². The van der Waals surface area contributed by atoms with Crippen LogP contribution < -0.4 is 0 Å². The molecule has 3 aliphatic rings. The molecule has 0 amide bonds. The fraction of sp³-hybridized carbons (Fsp3) is 1.00. The highest BCUT2D eigenvalue weighted by atomic mass is 32.2. The Bertz CT molecular complexity index is 390. The van der Waals surface area contributed by atoms with E-state index >= 15 is 0 Å². The van der Waals surface area contributed by atoms with Gasteiger partial charge in [0.05, 0.1) is 13.2 Å². The summed E-state index contributed by atoms with van der Waals surface area (Å²) < 4.78 is 31.4. The van der Waals surface area contributed by atoms with Gasteiger partial charge in [0.25, 0.3) is 0 Å². The lowest BCUT2D eigenvalue weighted by molar-refractivity contribution is -0.0368. The first-order valence-electron chi connectivity index (χ1n) is 6.14. The van der Waals surface area contributed by atoms with Crippen molar-refractivity contribution in [2.45, 2.75) is 43.4 Å². The van der Waals surface area contributed by atoms with E-state index in [4.69, 9.17) is 4.74 Å². The van der Waals surface area contributed by atoms with Gasteiger partial charge in [0, 0.05) is 12.1 Å². The summed E-state index contributed by atoms with van der Waals surface area (Å²) in [6.07, 6.45) is 4.66. The van der Waals surface area contributed by atoms with Gasteiger partial charge in [-0.3, -0.25) is 0 Å². The van der Waals surface area contributed by atoms with E-state index in [2.05, 4.69) is 6.92 Å². The topological polar surface area (TPSA) is 46.6 Å². The van der Waals surface area contributed by atoms with Gasteiger partial charge in [-0.25, -0.2) is 8.42 Å². The molecule has 0 radical (unpaired) electrons. The minimum Gasteiger partial charge on any atom is -0.378 e. The van der Waals surface area contributed by atoms with Crippen LogP contribution >= 0.6 is 0 Å². The molecule has 3 rings (SSSR count). The Balaban J connectivity index is 1.81. The largest absolute Gasteiger partial charge is 0.378 e. The zero-order chi connectivity index (χ0) is 11.4. The molecular weight excluding hydrogens is 226 g/mol. The molecular formula is C11H19NO3S. The Morgan fingerprint density at radius 1 is 1.31 bits per heavy atom. The Hall–Kier alpha value is -0.130. The van der Waals surface area contributed by atoms with Crippen molar-refractivity contribution in [3.63, 3.8) is 0 Å². The van der Waals surface area contributed by atoms with Crippen LogP contribution in [0.3, 0.4) is 0 Å². The number of fused-ring (bicyclic) bond motifs is 1. The predicted molar refractivity (Wildman–Crippen MR) is 60.6 cm³/mol. The van der Waals surface area contributed by atoms with Crippen LogP contribution in [0.25, 0.3) is 0 Å². The minimum atomic E-state index is -3.09. The quantitative estimate of drug-likeness (QED) is 0.728. The second-order valence-electron chi connectivity index (χ2n) is 5.54. The molecule has 92 valence electrons. The van der Waals surface area contributed by atoms with E-state index in [9.17, 15) is 8.42 Å². The van der Waals surface area contributed by atoms with Crippen molar-refractivity contribution in [2.75, 3.05) is 19.8 Å². The van der Waals surface area contributed by atoms with Crippen LogP contribution in [0.5, 0.6) is 0 Å². The summed E-state index contributed by atoms with van der Waals surface area (Å²) in [5.41, 5.74) is -0.0767. The van der Waals surface area contributed by atoms with Crippen molar-refractivity contribution in [3.8, 4) is 0 Å². The molecule has 2 heterocycles. The van der Waals surface area contributed by atoms with Gasteiger partial charge in [0.2, 0.25) is 10.0 Å². The van der Waals surface area contributed by atoms with E-state index in [0.29, 0.717) is 19.1 Å². The van der Waals surface area contributed by atoms with Gasteiger partial charge in [-0.15, -0.1) is 0 Å². The molecule has 0 aromatic heterocycles. The van der Waals surface area contributed by atoms with E-state index in [1.807, 2.05) is 0 Å². The molecule has 2 saturated heterocycles. The molecule has 5 heteroatoms. The molecule has 0 spiro atoms. The maximum absolute atomic E-state index is 12.3. The molecule has 2 aliphatic heterocycles. The lowest BCUT2D eigenvalue weighted by Gasteiger charge is -2.59. The highest BCUT2D eigenvalue weighted by Gasteiger charge is 2.57. The van der Waals surface area contributed by atoms with E-state index in [0.717, 1.165) is 13.0 Å². The molecule has 4 nitrogen and oxygen atoms in total. The van der Waals surface area contributed by atoms with Crippen LogP contribution in [-0.2, 0) is 14.8 Å². The first-order chi connectivity index (χ1) is 7.55. The summed E-state index contributed by atoms with van der Waals surface area (Å²) in [5, 5.41) is -0.271. The number of ether oxygens (including phenoxy) is 1. The van der Waals surface area contributed by atoms with Gasteiger partial charge in [-0.05, 0) is 25.7 Å². The number of sulfonamides is 1. The standard InChI is InChI=1S/C11H19NO3S/c1-11-5-3-2-4-9(11)6-12(11)16(13,14)10-7-15-8-10/h9-10H,2-8H2,1H3/t9-,11-/m0/s1. The van der Waals surface area contributed by atoms with Crippen LogP contribution in [0.15, 0.2) is 0 Å². The molecule has 0 unspecified atom stereocenters. The predicted octanol–water partition coefficient (Wildman–Crippen LogP) is 0.980. The Labute approximate surface area is 97.0 Å². The van der Waals surface area contributed by atoms with Gasteiger partial charge < -0.3 is 4.74 Å². The Morgan fingerprint density at radius 3 is 2.62 bits per heavy atom. The van der Waals surface area contributed by atoms with Crippen molar-refractivity contribution in [1.29, 1.82) is 0 Å². The van der Waals surface area contributed by atoms with E-state index in [1.54, 1.807) is 4.31 Å². The third-order valence-corrected chi connectivity index (χ3v) is 6.95. The SMILES string of the molecule is C[C@]12CCCC[C@H]1CN2S(=O)(=O)C1COC1. The molecule has 1 saturated carbocycles. The summed E-state index contributed by atoms with van der Waals surface area (Å²) in [6.45, 7) is 3.64. The van der Waals surface area contributed by atoms with Gasteiger partial charge in [0.1, 0.15) is 5.25 Å². The highest BCUT2D eigenvalue weighted by molar-refractivity contribution is 7.89. The maximum atomic E-state index is 12.3. The summed E-state index contributed by atoms with van der Waals surface area (Å²) in [5.74, 6) is 0.594. The molecule has 0 bridgehead atoms. The summed E-state index contributed by atoms with van der Waals surface area (Å²) in [6, 6.07) is 0. The second-order valence-corrected chi connectivity index (χ2v) is 7.67. The summed E-state index contributed by atoms with van der Waals surface area (Å²) >= 11 is 0. The van der Waals surface area contributed by atoms with Gasteiger partial charge in [0.15, 0.2) is 0 Å². The highest BCUT2D eigenvalue weighted by Crippen LogP contribution is 2.49. The molecule has 0 N–H and O–H groups in total. The fourth-order valence-electron chi connectivity index (χ4n) is 3.26. The van der Waals surface area contributed by atoms with Gasteiger partial charge >= 0.3 is 0 Å². The van der Waals surface area contributed by atoms with Crippen LogP contribution in [0.1, 0.15) is 32.6 Å². The number of hydrogen-bond acceptors (Lipinski definition) is 3. The maximum Gasteiger partial charge on any atom is 0.222 e. The van der Waals surface area contributed by atoms with Crippen molar-refractivity contribution in [3.05, 3.63) is 0 Å². The zero-order valence-electron chi connectivity index (χ0n) is 9.68. The molecule has 0 aromatic rings. The van der Waals surface area contributed by atoms with Crippen molar-refractivity contribution in [1.82, 2.24) is 4.31 Å². The Kier molecular flexibility index (Phi) is 2.36. The molecule has 16 heavy (non-hydrogen) atoms. The smallest absolute Gasteiger partial charge is 0.222 e. The number of hydrogen-bond donors (Lipinski definition) is 0.